The van der Waals surface area contributed by atoms with Gasteiger partial charge < -0.3 is 5.32 Å². The molecule has 2 atom stereocenters. The molecule has 1 fully saturated rings. The lowest BCUT2D eigenvalue weighted by Gasteiger charge is -2.28. The third-order valence-corrected chi connectivity index (χ3v) is 4.65. The highest BCUT2D eigenvalue weighted by atomic mass is 15.0. The van der Waals surface area contributed by atoms with Crippen LogP contribution in [0.5, 0.6) is 0 Å². The van der Waals surface area contributed by atoms with Crippen LogP contribution >= 0.6 is 0 Å². The number of rotatable bonds is 5. The topological polar surface area (TPSA) is 37.8 Å². The summed E-state index contributed by atoms with van der Waals surface area (Å²) in [4.78, 5) is 9.69. The van der Waals surface area contributed by atoms with Crippen molar-refractivity contribution in [2.45, 2.75) is 72.1 Å². The molecule has 1 saturated carbocycles. The highest BCUT2D eigenvalue weighted by Crippen LogP contribution is 2.36. The maximum absolute atomic E-state index is 4.86. The van der Waals surface area contributed by atoms with Crippen molar-refractivity contribution in [1.29, 1.82) is 0 Å². The van der Waals surface area contributed by atoms with Gasteiger partial charge in [-0.2, -0.15) is 0 Å². The average molecular weight is 275 g/mol. The maximum atomic E-state index is 4.86. The highest BCUT2D eigenvalue weighted by molar-refractivity contribution is 5.46. The van der Waals surface area contributed by atoms with Gasteiger partial charge in [-0.1, -0.05) is 33.1 Å². The summed E-state index contributed by atoms with van der Waals surface area (Å²) in [7, 11) is 0. The van der Waals surface area contributed by atoms with Gasteiger partial charge in [-0.3, -0.25) is 0 Å². The first kappa shape index (κ1) is 15.3. The third kappa shape index (κ3) is 3.31. The molecule has 0 aromatic carbocycles. The normalized spacial score (nSPS) is 22.8. The van der Waals surface area contributed by atoms with Crippen LogP contribution in [0.15, 0.2) is 0 Å². The zero-order valence-electron chi connectivity index (χ0n) is 13.5. The molecule has 2 unspecified atom stereocenters. The Hall–Kier alpha value is -1.12. The van der Waals surface area contributed by atoms with Crippen molar-refractivity contribution in [3.8, 4) is 0 Å². The van der Waals surface area contributed by atoms with E-state index >= 15 is 0 Å². The lowest BCUT2D eigenvalue weighted by atomic mass is 9.80. The number of hydrogen-bond donors (Lipinski definition) is 1. The van der Waals surface area contributed by atoms with Crippen LogP contribution in [0.2, 0.25) is 0 Å². The minimum Gasteiger partial charge on any atom is -0.370 e. The molecule has 3 nitrogen and oxygen atoms in total. The van der Waals surface area contributed by atoms with E-state index in [9.17, 15) is 0 Å². The van der Waals surface area contributed by atoms with Crippen LogP contribution in [0.25, 0.3) is 0 Å². The van der Waals surface area contributed by atoms with Gasteiger partial charge in [-0.05, 0) is 39.0 Å². The number of hydrogen-bond acceptors (Lipinski definition) is 3. The van der Waals surface area contributed by atoms with Gasteiger partial charge in [-0.25, -0.2) is 9.97 Å². The Kier molecular flexibility index (Phi) is 5.38. The van der Waals surface area contributed by atoms with E-state index in [1.807, 2.05) is 0 Å². The molecule has 1 N–H and O–H groups in total. The molecule has 0 amide bonds. The molecular formula is C17H29N3. The predicted molar refractivity (Wildman–Crippen MR) is 85.3 cm³/mol. The third-order valence-electron chi connectivity index (χ3n) is 4.65. The lowest BCUT2D eigenvalue weighted by Crippen LogP contribution is -2.18. The summed E-state index contributed by atoms with van der Waals surface area (Å²) in [6, 6.07) is 0. The molecule has 1 aromatic heterocycles. The molecule has 2 rings (SSSR count). The molecule has 112 valence electrons. The molecule has 1 aliphatic rings. The second-order valence-electron chi connectivity index (χ2n) is 6.02. The molecule has 0 bridgehead atoms. The summed E-state index contributed by atoms with van der Waals surface area (Å²) in [5.74, 6) is 3.58. The van der Waals surface area contributed by atoms with Crippen LogP contribution in [0.3, 0.4) is 0 Å². The van der Waals surface area contributed by atoms with Crippen LogP contribution in [-0.2, 0) is 6.42 Å². The van der Waals surface area contributed by atoms with E-state index in [-0.39, 0.29) is 0 Å². The zero-order valence-corrected chi connectivity index (χ0v) is 13.5. The van der Waals surface area contributed by atoms with E-state index in [1.54, 1.807) is 0 Å². The van der Waals surface area contributed by atoms with Gasteiger partial charge in [0.25, 0.3) is 0 Å². The van der Waals surface area contributed by atoms with Crippen LogP contribution in [-0.4, -0.2) is 16.5 Å². The second-order valence-corrected chi connectivity index (χ2v) is 6.02. The van der Waals surface area contributed by atoms with Crippen LogP contribution in [0.4, 0.5) is 5.82 Å². The molecule has 0 saturated heterocycles. The largest absolute Gasteiger partial charge is 0.370 e. The highest BCUT2D eigenvalue weighted by Gasteiger charge is 2.25. The Morgan fingerprint density at radius 3 is 2.60 bits per heavy atom. The first-order chi connectivity index (χ1) is 9.69. The molecule has 1 aliphatic carbocycles. The lowest BCUT2D eigenvalue weighted by molar-refractivity contribution is 0.307. The van der Waals surface area contributed by atoms with E-state index < -0.39 is 0 Å². The summed E-state index contributed by atoms with van der Waals surface area (Å²) in [6.07, 6.45) is 7.54. The molecule has 0 radical (unpaired) electrons. The van der Waals surface area contributed by atoms with Gasteiger partial charge in [0.15, 0.2) is 0 Å². The number of nitrogens with zero attached hydrogens (tertiary/aromatic N) is 2. The first-order valence-corrected chi connectivity index (χ1v) is 8.30. The van der Waals surface area contributed by atoms with Crippen molar-refractivity contribution in [1.82, 2.24) is 9.97 Å². The minimum absolute atomic E-state index is 0.565. The smallest absolute Gasteiger partial charge is 0.134 e. The van der Waals surface area contributed by atoms with Crippen LogP contribution in [0.1, 0.15) is 75.9 Å². The monoisotopic (exact) mass is 275 g/mol. The average Bonchev–Trinajstić information content (AvgIpc) is 2.47. The van der Waals surface area contributed by atoms with Crippen molar-refractivity contribution in [3.05, 3.63) is 17.1 Å². The van der Waals surface area contributed by atoms with E-state index in [1.165, 1.54) is 37.7 Å². The van der Waals surface area contributed by atoms with Gasteiger partial charge in [-0.15, -0.1) is 0 Å². The Morgan fingerprint density at radius 2 is 1.95 bits per heavy atom. The predicted octanol–water partition coefficient (Wildman–Crippen LogP) is 4.46. The minimum atomic E-state index is 0.565. The Balaban J connectivity index is 2.27. The summed E-state index contributed by atoms with van der Waals surface area (Å²) < 4.78 is 0. The first-order valence-electron chi connectivity index (χ1n) is 8.30. The molecule has 20 heavy (non-hydrogen) atoms. The quantitative estimate of drug-likeness (QED) is 0.862. The summed E-state index contributed by atoms with van der Waals surface area (Å²) in [6.45, 7) is 9.67. The van der Waals surface area contributed by atoms with E-state index in [0.29, 0.717) is 5.92 Å². The standard InChI is InChI=1S/C17H29N3/c1-5-13-9-8-10-14(11-13)16-19-12(4)15(6-2)17(20-16)18-7-3/h13-14H,5-11H2,1-4H3,(H,18,19,20). The van der Waals surface area contributed by atoms with E-state index in [0.717, 1.165) is 36.2 Å². The fraction of sp³-hybridized carbons (Fsp3) is 0.765. The molecule has 3 heteroatoms. The van der Waals surface area contributed by atoms with Crippen molar-refractivity contribution < 1.29 is 0 Å². The Labute approximate surface area is 123 Å². The molecule has 1 heterocycles. The van der Waals surface area contributed by atoms with Crippen molar-refractivity contribution in [2.75, 3.05) is 11.9 Å². The number of anilines is 1. The van der Waals surface area contributed by atoms with E-state index in [2.05, 4.69) is 33.0 Å². The number of aryl methyl sites for hydroxylation is 1. The molecule has 0 aliphatic heterocycles. The summed E-state index contributed by atoms with van der Waals surface area (Å²) in [5, 5.41) is 3.42. The van der Waals surface area contributed by atoms with E-state index in [4.69, 9.17) is 9.97 Å². The molecule has 0 spiro atoms. The maximum Gasteiger partial charge on any atom is 0.134 e. The Bertz CT molecular complexity index is 442. The van der Waals surface area contributed by atoms with Gasteiger partial charge in [0.05, 0.1) is 0 Å². The van der Waals surface area contributed by atoms with Crippen LogP contribution in [0, 0.1) is 12.8 Å². The van der Waals surface area contributed by atoms with Crippen molar-refractivity contribution in [3.63, 3.8) is 0 Å². The fourth-order valence-corrected chi connectivity index (χ4v) is 3.43. The van der Waals surface area contributed by atoms with Gasteiger partial charge in [0, 0.05) is 23.7 Å². The van der Waals surface area contributed by atoms with Crippen LogP contribution < -0.4 is 5.32 Å². The van der Waals surface area contributed by atoms with Crippen molar-refractivity contribution >= 4 is 5.82 Å². The molecule has 1 aromatic rings. The SMILES string of the molecule is CCNc1nc(C2CCCC(CC)C2)nc(C)c1CC. The van der Waals surface area contributed by atoms with Crippen molar-refractivity contribution in [2.24, 2.45) is 5.92 Å². The van der Waals surface area contributed by atoms with Gasteiger partial charge >= 0.3 is 0 Å². The second kappa shape index (κ2) is 7.05. The summed E-state index contributed by atoms with van der Waals surface area (Å²) in [5.41, 5.74) is 2.44. The fourth-order valence-electron chi connectivity index (χ4n) is 3.43. The number of aromatic nitrogens is 2. The number of nitrogens with one attached hydrogen (secondary N) is 1. The summed E-state index contributed by atoms with van der Waals surface area (Å²) >= 11 is 0. The zero-order chi connectivity index (χ0) is 14.5. The van der Waals surface area contributed by atoms with Gasteiger partial charge in [0.2, 0.25) is 0 Å². The molecular weight excluding hydrogens is 246 g/mol. The van der Waals surface area contributed by atoms with Gasteiger partial charge in [0.1, 0.15) is 11.6 Å². The Morgan fingerprint density at radius 1 is 1.15 bits per heavy atom.